The van der Waals surface area contributed by atoms with Crippen LogP contribution >= 0.6 is 0 Å². The second-order valence-electron chi connectivity index (χ2n) is 3.11. The normalized spacial score (nSPS) is 11.3. The molecule has 2 rings (SSSR count). The quantitative estimate of drug-likeness (QED) is 0.560. The highest BCUT2D eigenvalue weighted by molar-refractivity contribution is 7.98. The molecule has 0 aromatic heterocycles. The SMILES string of the molecule is O=[S+](F)(c1ccccc1)c1ccccc1. The molecule has 0 fully saturated rings. The van der Waals surface area contributed by atoms with Crippen molar-refractivity contribution in [1.29, 1.82) is 0 Å². The third kappa shape index (κ3) is 1.97. The number of rotatable bonds is 2. The molecule has 0 heterocycles. The molecular formula is C12H10FOS+. The van der Waals surface area contributed by atoms with E-state index in [0.717, 1.165) is 0 Å². The molecule has 76 valence electrons. The summed E-state index contributed by atoms with van der Waals surface area (Å²) in [5.74, 6) is 0. The molecule has 1 nitrogen and oxygen atoms in total. The Balaban J connectivity index is 2.50. The van der Waals surface area contributed by atoms with E-state index < -0.39 is 10.3 Å². The minimum atomic E-state index is -3.59. The molecule has 0 aliphatic rings. The molecule has 15 heavy (non-hydrogen) atoms. The highest BCUT2D eigenvalue weighted by Gasteiger charge is 2.35. The van der Waals surface area contributed by atoms with E-state index in [0.29, 0.717) is 0 Å². The van der Waals surface area contributed by atoms with Crippen LogP contribution in [-0.2, 0) is 14.5 Å². The molecule has 0 aliphatic heterocycles. The number of benzene rings is 2. The van der Waals surface area contributed by atoms with Gasteiger partial charge in [0.25, 0.3) is 0 Å². The zero-order valence-corrected chi connectivity index (χ0v) is 8.78. The lowest BCUT2D eigenvalue weighted by Gasteiger charge is -1.99. The molecule has 0 saturated carbocycles. The first kappa shape index (κ1) is 10.1. The molecule has 0 atom stereocenters. The second-order valence-corrected chi connectivity index (χ2v) is 5.03. The third-order valence-corrected chi connectivity index (χ3v) is 3.85. The predicted molar refractivity (Wildman–Crippen MR) is 58.6 cm³/mol. The maximum Gasteiger partial charge on any atom is 0.335 e. The molecule has 3 heteroatoms. The Hall–Kier alpha value is -1.48. The molecule has 0 unspecified atom stereocenters. The topological polar surface area (TPSA) is 17.1 Å². The largest absolute Gasteiger partial charge is 0.335 e. The fourth-order valence-electron chi connectivity index (χ4n) is 1.33. The molecule has 0 saturated heterocycles. The van der Waals surface area contributed by atoms with Gasteiger partial charge in [0.15, 0.2) is 0 Å². The number of halogens is 1. The molecular weight excluding hydrogens is 211 g/mol. The highest BCUT2D eigenvalue weighted by Crippen LogP contribution is 2.29. The van der Waals surface area contributed by atoms with Gasteiger partial charge in [0.1, 0.15) is 0 Å². The van der Waals surface area contributed by atoms with Crippen molar-refractivity contribution in [3.63, 3.8) is 0 Å². The summed E-state index contributed by atoms with van der Waals surface area (Å²) in [7, 11) is -3.59. The van der Waals surface area contributed by atoms with E-state index in [9.17, 15) is 8.09 Å². The van der Waals surface area contributed by atoms with Gasteiger partial charge in [-0.15, -0.1) is 0 Å². The Bertz CT molecular complexity index is 438. The van der Waals surface area contributed by atoms with Crippen LogP contribution in [0.4, 0.5) is 3.89 Å². The van der Waals surface area contributed by atoms with Gasteiger partial charge in [-0.05, 0) is 28.5 Å². The summed E-state index contributed by atoms with van der Waals surface area (Å²) in [4.78, 5) is 0.437. The molecule has 0 amide bonds. The Morgan fingerprint density at radius 3 is 1.40 bits per heavy atom. The second kappa shape index (κ2) is 3.95. The average molecular weight is 221 g/mol. The fourth-order valence-corrected chi connectivity index (χ4v) is 2.61. The van der Waals surface area contributed by atoms with Crippen molar-refractivity contribution < 1.29 is 8.09 Å². The van der Waals surface area contributed by atoms with E-state index in [1.807, 2.05) is 0 Å². The van der Waals surface area contributed by atoms with Crippen LogP contribution in [0.15, 0.2) is 70.5 Å². The molecule has 0 radical (unpaired) electrons. The lowest BCUT2D eigenvalue weighted by atomic mass is 10.4. The van der Waals surface area contributed by atoms with E-state index in [1.165, 1.54) is 24.3 Å². The molecule has 0 bridgehead atoms. The first-order valence-electron chi connectivity index (χ1n) is 4.55. The Labute approximate surface area is 89.3 Å². The van der Waals surface area contributed by atoms with Crippen molar-refractivity contribution in [3.8, 4) is 0 Å². The minimum Gasteiger partial charge on any atom is -0.0619 e. The summed E-state index contributed by atoms with van der Waals surface area (Å²) in [6.07, 6.45) is 0. The smallest absolute Gasteiger partial charge is 0.0619 e. The van der Waals surface area contributed by atoms with Gasteiger partial charge in [0, 0.05) is 3.89 Å². The van der Waals surface area contributed by atoms with E-state index in [2.05, 4.69) is 0 Å². The van der Waals surface area contributed by atoms with Gasteiger partial charge in [-0.25, -0.2) is 0 Å². The van der Waals surface area contributed by atoms with Crippen molar-refractivity contribution in [2.45, 2.75) is 9.79 Å². The summed E-state index contributed by atoms with van der Waals surface area (Å²) in [5.41, 5.74) is 0. The standard InChI is InChI=1S/C12H10FOS/c13-15(14,11-7-3-1-4-8-11)12-9-5-2-6-10-12/h1-10H/q+1. The average Bonchev–Trinajstić information content (AvgIpc) is 2.31. The van der Waals surface area contributed by atoms with Crippen molar-refractivity contribution in [2.75, 3.05) is 0 Å². The van der Waals surface area contributed by atoms with Gasteiger partial charge < -0.3 is 0 Å². The van der Waals surface area contributed by atoms with Gasteiger partial charge in [0.2, 0.25) is 9.79 Å². The Morgan fingerprint density at radius 1 is 0.733 bits per heavy atom. The maximum atomic E-state index is 14.1. The van der Waals surface area contributed by atoms with E-state index >= 15 is 0 Å². The van der Waals surface area contributed by atoms with Crippen LogP contribution in [0.1, 0.15) is 0 Å². The molecule has 0 spiro atoms. The van der Waals surface area contributed by atoms with Crippen LogP contribution in [0, 0.1) is 0 Å². The molecule has 0 N–H and O–H groups in total. The fraction of sp³-hybridized carbons (Fsp3) is 0. The van der Waals surface area contributed by atoms with E-state index in [1.54, 1.807) is 36.4 Å². The van der Waals surface area contributed by atoms with Crippen LogP contribution in [0.2, 0.25) is 0 Å². The minimum absolute atomic E-state index is 0.219. The van der Waals surface area contributed by atoms with Gasteiger partial charge in [-0.3, -0.25) is 0 Å². The van der Waals surface area contributed by atoms with Crippen LogP contribution in [0.25, 0.3) is 0 Å². The third-order valence-electron chi connectivity index (χ3n) is 2.09. The molecule has 2 aromatic carbocycles. The summed E-state index contributed by atoms with van der Waals surface area (Å²) in [5, 5.41) is 0. The van der Waals surface area contributed by atoms with Crippen LogP contribution in [0.5, 0.6) is 0 Å². The van der Waals surface area contributed by atoms with E-state index in [4.69, 9.17) is 0 Å². The lowest BCUT2D eigenvalue weighted by Crippen LogP contribution is -2.03. The maximum absolute atomic E-state index is 14.1. The number of hydrogen-bond donors (Lipinski definition) is 0. The van der Waals surface area contributed by atoms with Crippen LogP contribution < -0.4 is 0 Å². The van der Waals surface area contributed by atoms with Crippen molar-refractivity contribution in [2.24, 2.45) is 0 Å². The van der Waals surface area contributed by atoms with Crippen molar-refractivity contribution in [3.05, 3.63) is 60.7 Å². The Kier molecular flexibility index (Phi) is 2.64. The number of hydrogen-bond acceptors (Lipinski definition) is 1. The first-order chi connectivity index (χ1) is 7.21. The van der Waals surface area contributed by atoms with Crippen molar-refractivity contribution >= 4 is 10.3 Å². The van der Waals surface area contributed by atoms with Gasteiger partial charge in [-0.1, -0.05) is 36.4 Å². The summed E-state index contributed by atoms with van der Waals surface area (Å²) >= 11 is 0. The monoisotopic (exact) mass is 221 g/mol. The van der Waals surface area contributed by atoms with Gasteiger partial charge >= 0.3 is 10.3 Å². The summed E-state index contributed by atoms with van der Waals surface area (Å²) < 4.78 is 26.0. The zero-order chi connectivity index (χ0) is 10.7. The highest BCUT2D eigenvalue weighted by atomic mass is 32.3. The lowest BCUT2D eigenvalue weighted by molar-refractivity contribution is 0.554. The van der Waals surface area contributed by atoms with Crippen LogP contribution in [0.3, 0.4) is 0 Å². The summed E-state index contributed by atoms with van der Waals surface area (Å²) in [6, 6.07) is 16.4. The predicted octanol–water partition coefficient (Wildman–Crippen LogP) is 3.49. The zero-order valence-electron chi connectivity index (χ0n) is 7.97. The van der Waals surface area contributed by atoms with Crippen molar-refractivity contribution in [1.82, 2.24) is 0 Å². The molecule has 2 aromatic rings. The van der Waals surface area contributed by atoms with E-state index in [-0.39, 0.29) is 9.79 Å². The first-order valence-corrected chi connectivity index (χ1v) is 6.01. The Morgan fingerprint density at radius 2 is 1.07 bits per heavy atom. The van der Waals surface area contributed by atoms with Crippen LogP contribution in [-0.4, -0.2) is 0 Å². The molecule has 0 aliphatic carbocycles. The van der Waals surface area contributed by atoms with Gasteiger partial charge in [-0.2, -0.15) is 0 Å². The van der Waals surface area contributed by atoms with Gasteiger partial charge in [0.05, 0.1) is 0 Å². The summed E-state index contributed by atoms with van der Waals surface area (Å²) in [6.45, 7) is 0.